The van der Waals surface area contributed by atoms with Gasteiger partial charge in [-0.15, -0.1) is 0 Å². The summed E-state index contributed by atoms with van der Waals surface area (Å²) in [5, 5.41) is 0. The molecule has 0 unspecified atom stereocenters. The summed E-state index contributed by atoms with van der Waals surface area (Å²) in [5.74, 6) is 0.0152. The van der Waals surface area contributed by atoms with Crippen molar-refractivity contribution in [2.24, 2.45) is 11.5 Å². The minimum absolute atomic E-state index is 0.0850. The highest BCUT2D eigenvalue weighted by Gasteiger charge is 2.31. The minimum atomic E-state index is -0.291. The zero-order chi connectivity index (χ0) is 11.5. The Hall–Kier alpha value is -1.39. The third kappa shape index (κ3) is 2.40. The van der Waals surface area contributed by atoms with E-state index < -0.39 is 0 Å². The van der Waals surface area contributed by atoms with E-state index in [1.165, 1.54) is 5.56 Å². The van der Waals surface area contributed by atoms with Crippen LogP contribution in [0, 0.1) is 0 Å². The van der Waals surface area contributed by atoms with E-state index in [0.717, 1.165) is 13.1 Å². The number of hydrogen-bond donors (Lipinski definition) is 2. The summed E-state index contributed by atoms with van der Waals surface area (Å²) >= 11 is 0. The maximum absolute atomic E-state index is 10.8. The Balaban J connectivity index is 2.05. The van der Waals surface area contributed by atoms with Crippen molar-refractivity contribution in [3.05, 3.63) is 35.9 Å². The molecule has 0 aliphatic carbocycles. The van der Waals surface area contributed by atoms with Gasteiger partial charge in [-0.2, -0.15) is 0 Å². The second-order valence-electron chi connectivity index (χ2n) is 4.34. The van der Waals surface area contributed by atoms with E-state index in [1.807, 2.05) is 23.1 Å². The van der Waals surface area contributed by atoms with E-state index in [9.17, 15) is 4.79 Å². The van der Waals surface area contributed by atoms with Crippen LogP contribution in [0.25, 0.3) is 0 Å². The Kier molecular flexibility index (Phi) is 3.22. The quantitative estimate of drug-likeness (QED) is 0.745. The molecule has 0 bridgehead atoms. The summed E-state index contributed by atoms with van der Waals surface area (Å²) in [6.45, 7) is 1.85. The number of nitrogens with zero attached hydrogens (tertiary/aromatic N) is 1. The molecule has 1 aliphatic heterocycles. The minimum Gasteiger partial charge on any atom is -0.369 e. The maximum atomic E-state index is 10.8. The molecule has 4 N–H and O–H groups in total. The standard InChI is InChI=1S/C12H17N3O/c13-11-7-15(8-12(14)16)6-10(11)9-4-2-1-3-5-9/h1-5,10-11H,6-8,13H2,(H2,14,16)/t10-,11+/m0/s1. The lowest BCUT2D eigenvalue weighted by atomic mass is 9.95. The van der Waals surface area contributed by atoms with Crippen molar-refractivity contribution in [2.45, 2.75) is 12.0 Å². The molecule has 0 radical (unpaired) electrons. The molecular weight excluding hydrogens is 202 g/mol. The Bertz CT molecular complexity index is 366. The first-order valence-corrected chi connectivity index (χ1v) is 5.48. The predicted octanol–water partition coefficient (Wildman–Crippen LogP) is -0.102. The van der Waals surface area contributed by atoms with Gasteiger partial charge < -0.3 is 11.5 Å². The summed E-state index contributed by atoms with van der Waals surface area (Å²) in [7, 11) is 0. The van der Waals surface area contributed by atoms with Crippen LogP contribution in [0.15, 0.2) is 30.3 Å². The fraction of sp³-hybridized carbons (Fsp3) is 0.417. The van der Waals surface area contributed by atoms with Crippen molar-refractivity contribution in [3.8, 4) is 0 Å². The first-order chi connectivity index (χ1) is 7.66. The van der Waals surface area contributed by atoms with Gasteiger partial charge in [0.15, 0.2) is 0 Å². The van der Waals surface area contributed by atoms with Gasteiger partial charge in [-0.3, -0.25) is 9.69 Å². The molecule has 1 aliphatic rings. The fourth-order valence-corrected chi connectivity index (χ4v) is 2.32. The number of benzene rings is 1. The average Bonchev–Trinajstić information content (AvgIpc) is 2.60. The lowest BCUT2D eigenvalue weighted by molar-refractivity contribution is -0.118. The molecule has 2 rings (SSSR count). The summed E-state index contributed by atoms with van der Waals surface area (Å²) in [5.41, 5.74) is 12.5. The third-order valence-corrected chi connectivity index (χ3v) is 3.05. The van der Waals surface area contributed by atoms with Gasteiger partial charge in [0.2, 0.25) is 5.91 Å². The number of rotatable bonds is 3. The van der Waals surface area contributed by atoms with Crippen LogP contribution in [0.4, 0.5) is 0 Å². The molecule has 1 fully saturated rings. The zero-order valence-electron chi connectivity index (χ0n) is 9.17. The van der Waals surface area contributed by atoms with Gasteiger partial charge in [-0.05, 0) is 5.56 Å². The Labute approximate surface area is 95.2 Å². The van der Waals surface area contributed by atoms with E-state index in [4.69, 9.17) is 11.5 Å². The highest BCUT2D eigenvalue weighted by Crippen LogP contribution is 2.25. The molecule has 4 heteroatoms. The average molecular weight is 219 g/mol. The topological polar surface area (TPSA) is 72.4 Å². The number of primary amides is 1. The van der Waals surface area contributed by atoms with E-state index in [1.54, 1.807) is 0 Å². The predicted molar refractivity (Wildman–Crippen MR) is 62.8 cm³/mol. The monoisotopic (exact) mass is 219 g/mol. The largest absolute Gasteiger partial charge is 0.369 e. The second-order valence-corrected chi connectivity index (χ2v) is 4.34. The number of amides is 1. The van der Waals surface area contributed by atoms with Crippen molar-refractivity contribution in [3.63, 3.8) is 0 Å². The lowest BCUT2D eigenvalue weighted by Crippen LogP contribution is -2.34. The number of carbonyl (C=O) groups is 1. The van der Waals surface area contributed by atoms with Gasteiger partial charge in [0, 0.05) is 25.0 Å². The molecule has 2 atom stereocenters. The van der Waals surface area contributed by atoms with E-state index in [2.05, 4.69) is 12.1 Å². The summed E-state index contributed by atoms with van der Waals surface area (Å²) < 4.78 is 0. The van der Waals surface area contributed by atoms with Crippen molar-refractivity contribution in [1.29, 1.82) is 0 Å². The SMILES string of the molecule is NC(=O)CN1C[C@@H](N)[C@H](c2ccccc2)C1. The molecule has 0 saturated carbocycles. The van der Waals surface area contributed by atoms with Gasteiger partial charge in [-0.1, -0.05) is 30.3 Å². The van der Waals surface area contributed by atoms with Crippen LogP contribution in [0.2, 0.25) is 0 Å². The van der Waals surface area contributed by atoms with Crippen molar-refractivity contribution in [1.82, 2.24) is 4.90 Å². The maximum Gasteiger partial charge on any atom is 0.231 e. The highest BCUT2D eigenvalue weighted by atomic mass is 16.1. The summed E-state index contributed by atoms with van der Waals surface area (Å²) in [4.78, 5) is 12.9. The van der Waals surface area contributed by atoms with Gasteiger partial charge in [0.25, 0.3) is 0 Å². The highest BCUT2D eigenvalue weighted by molar-refractivity contribution is 5.76. The molecular formula is C12H17N3O. The molecule has 86 valence electrons. The van der Waals surface area contributed by atoms with Crippen LogP contribution in [-0.2, 0) is 4.79 Å². The smallest absolute Gasteiger partial charge is 0.231 e. The van der Waals surface area contributed by atoms with Crippen molar-refractivity contribution < 1.29 is 4.79 Å². The van der Waals surface area contributed by atoms with Gasteiger partial charge in [-0.25, -0.2) is 0 Å². The molecule has 16 heavy (non-hydrogen) atoms. The summed E-state index contributed by atoms with van der Waals surface area (Å²) in [6.07, 6.45) is 0. The van der Waals surface area contributed by atoms with Gasteiger partial charge in [0.1, 0.15) is 0 Å². The summed E-state index contributed by atoms with van der Waals surface area (Å²) in [6, 6.07) is 10.3. The first kappa shape index (κ1) is 11.1. The van der Waals surface area contributed by atoms with Crippen LogP contribution in [0.1, 0.15) is 11.5 Å². The van der Waals surface area contributed by atoms with Crippen LogP contribution in [0.5, 0.6) is 0 Å². The number of carbonyl (C=O) groups excluding carboxylic acids is 1. The molecule has 1 saturated heterocycles. The molecule has 1 aromatic carbocycles. The molecule has 1 amide bonds. The normalized spacial score (nSPS) is 25.8. The number of hydrogen-bond acceptors (Lipinski definition) is 3. The second kappa shape index (κ2) is 4.63. The lowest BCUT2D eigenvalue weighted by Gasteiger charge is -2.14. The van der Waals surface area contributed by atoms with E-state index in [0.29, 0.717) is 12.5 Å². The molecule has 0 spiro atoms. The van der Waals surface area contributed by atoms with E-state index in [-0.39, 0.29) is 11.9 Å². The van der Waals surface area contributed by atoms with Crippen LogP contribution >= 0.6 is 0 Å². The molecule has 4 nitrogen and oxygen atoms in total. The van der Waals surface area contributed by atoms with E-state index >= 15 is 0 Å². The zero-order valence-corrected chi connectivity index (χ0v) is 9.17. The Morgan fingerprint density at radius 2 is 2.00 bits per heavy atom. The third-order valence-electron chi connectivity index (χ3n) is 3.05. The first-order valence-electron chi connectivity index (χ1n) is 5.48. The fourth-order valence-electron chi connectivity index (χ4n) is 2.32. The van der Waals surface area contributed by atoms with Gasteiger partial charge in [0.05, 0.1) is 6.54 Å². The molecule has 0 aromatic heterocycles. The number of nitrogens with two attached hydrogens (primary N) is 2. The molecule has 1 heterocycles. The van der Waals surface area contributed by atoms with Gasteiger partial charge >= 0.3 is 0 Å². The van der Waals surface area contributed by atoms with Crippen LogP contribution in [-0.4, -0.2) is 36.5 Å². The Morgan fingerprint density at radius 3 is 2.62 bits per heavy atom. The van der Waals surface area contributed by atoms with Crippen molar-refractivity contribution in [2.75, 3.05) is 19.6 Å². The van der Waals surface area contributed by atoms with Crippen molar-refractivity contribution >= 4 is 5.91 Å². The number of likely N-dealkylation sites (tertiary alicyclic amines) is 1. The van der Waals surface area contributed by atoms with Crippen LogP contribution < -0.4 is 11.5 Å². The van der Waals surface area contributed by atoms with Crippen LogP contribution in [0.3, 0.4) is 0 Å². The molecule has 1 aromatic rings. The Morgan fingerprint density at radius 1 is 1.31 bits per heavy atom.